The molecule has 2 aliphatic rings. The summed E-state index contributed by atoms with van der Waals surface area (Å²) in [5.74, 6) is 1.21. The standard InChI is InChI=1S/C19H27IN2O3S/c1-13-10-11-22(18-7-5-4-6-15(13)18)19(23)16-12-14(8-9-17(16)20)26(24,25)21(2)3/h8-9,12-13,15,18H,4-7,10-11H2,1-3H3. The summed E-state index contributed by atoms with van der Waals surface area (Å²) in [4.78, 5) is 15.5. The Bertz CT molecular complexity index is 794. The van der Waals surface area contributed by atoms with Crippen molar-refractivity contribution in [2.45, 2.75) is 50.0 Å². The highest BCUT2D eigenvalue weighted by Crippen LogP contribution is 2.39. The molecule has 3 rings (SSSR count). The normalized spacial score (nSPS) is 26.7. The van der Waals surface area contributed by atoms with Crippen molar-refractivity contribution in [3.63, 3.8) is 0 Å². The minimum absolute atomic E-state index is 0.0194. The number of benzene rings is 1. The summed E-state index contributed by atoms with van der Waals surface area (Å²) in [6.45, 7) is 3.07. The topological polar surface area (TPSA) is 57.7 Å². The summed E-state index contributed by atoms with van der Waals surface area (Å²) < 4.78 is 26.9. The zero-order valence-electron chi connectivity index (χ0n) is 15.6. The summed E-state index contributed by atoms with van der Waals surface area (Å²) in [6, 6.07) is 5.16. The van der Waals surface area contributed by atoms with Crippen molar-refractivity contribution in [1.29, 1.82) is 0 Å². The second-order valence-electron chi connectivity index (χ2n) is 7.71. The Balaban J connectivity index is 1.94. The van der Waals surface area contributed by atoms with E-state index in [0.29, 0.717) is 23.4 Å². The zero-order chi connectivity index (χ0) is 19.1. The van der Waals surface area contributed by atoms with Gasteiger partial charge in [-0.25, -0.2) is 12.7 Å². The number of hydrogen-bond donors (Lipinski definition) is 0. The lowest BCUT2D eigenvalue weighted by Crippen LogP contribution is -2.52. The Kier molecular flexibility index (Phi) is 5.99. The Hall–Kier alpha value is -0.670. The van der Waals surface area contributed by atoms with Gasteiger partial charge in [-0.05, 0) is 71.9 Å². The SMILES string of the molecule is CC1CCN(C(=O)c2cc(S(=O)(=O)N(C)C)ccc2I)C2CCCCC12. The quantitative estimate of drug-likeness (QED) is 0.609. The number of fused-ring (bicyclic) bond motifs is 1. The molecule has 0 aromatic heterocycles. The highest BCUT2D eigenvalue weighted by atomic mass is 127. The molecule has 0 spiro atoms. The number of amides is 1. The average Bonchev–Trinajstić information content (AvgIpc) is 2.62. The predicted molar refractivity (Wildman–Crippen MR) is 111 cm³/mol. The highest BCUT2D eigenvalue weighted by Gasteiger charge is 2.40. The maximum absolute atomic E-state index is 13.3. The van der Waals surface area contributed by atoms with Gasteiger partial charge < -0.3 is 4.90 Å². The number of halogens is 1. The first kappa shape index (κ1) is 20.1. The smallest absolute Gasteiger partial charge is 0.255 e. The van der Waals surface area contributed by atoms with Crippen LogP contribution in [0.3, 0.4) is 0 Å². The first-order valence-electron chi connectivity index (χ1n) is 9.26. The predicted octanol–water partition coefficient (Wildman–Crippen LogP) is 3.58. The average molecular weight is 490 g/mol. The first-order valence-corrected chi connectivity index (χ1v) is 11.8. The van der Waals surface area contributed by atoms with Crippen molar-refractivity contribution in [2.75, 3.05) is 20.6 Å². The fourth-order valence-electron chi connectivity index (χ4n) is 4.36. The number of carbonyl (C=O) groups excluding carboxylic acids is 1. The van der Waals surface area contributed by atoms with E-state index in [4.69, 9.17) is 0 Å². The highest BCUT2D eigenvalue weighted by molar-refractivity contribution is 14.1. The molecule has 0 bridgehead atoms. The van der Waals surface area contributed by atoms with Crippen LogP contribution in [0.1, 0.15) is 49.4 Å². The lowest BCUT2D eigenvalue weighted by Gasteiger charge is -2.47. The van der Waals surface area contributed by atoms with Crippen LogP contribution in [0.15, 0.2) is 23.1 Å². The van der Waals surface area contributed by atoms with Crippen molar-refractivity contribution >= 4 is 38.5 Å². The molecule has 3 atom stereocenters. The van der Waals surface area contributed by atoms with E-state index in [2.05, 4.69) is 29.5 Å². The van der Waals surface area contributed by atoms with Gasteiger partial charge in [-0.15, -0.1) is 0 Å². The molecular weight excluding hydrogens is 463 g/mol. The van der Waals surface area contributed by atoms with E-state index in [-0.39, 0.29) is 10.8 Å². The number of carbonyl (C=O) groups is 1. The molecule has 2 fully saturated rings. The van der Waals surface area contributed by atoms with Gasteiger partial charge in [0.25, 0.3) is 5.91 Å². The number of likely N-dealkylation sites (tertiary alicyclic amines) is 1. The van der Waals surface area contributed by atoms with Crippen LogP contribution in [0.25, 0.3) is 0 Å². The Labute approximate surface area is 170 Å². The monoisotopic (exact) mass is 490 g/mol. The molecule has 1 aromatic carbocycles. The van der Waals surface area contributed by atoms with E-state index in [1.54, 1.807) is 18.2 Å². The number of sulfonamides is 1. The molecule has 1 saturated heterocycles. The molecule has 3 unspecified atom stereocenters. The van der Waals surface area contributed by atoms with Gasteiger partial charge in [-0.1, -0.05) is 19.8 Å². The molecule has 1 aliphatic carbocycles. The molecule has 1 aliphatic heterocycles. The molecule has 0 radical (unpaired) electrons. The number of hydrogen-bond acceptors (Lipinski definition) is 3. The van der Waals surface area contributed by atoms with Crippen molar-refractivity contribution in [3.05, 3.63) is 27.3 Å². The molecule has 144 valence electrons. The fourth-order valence-corrected chi connectivity index (χ4v) is 5.85. The molecule has 1 aromatic rings. The molecule has 1 amide bonds. The van der Waals surface area contributed by atoms with E-state index in [0.717, 1.165) is 23.0 Å². The second kappa shape index (κ2) is 7.75. The van der Waals surface area contributed by atoms with Crippen molar-refractivity contribution in [3.8, 4) is 0 Å². The Morgan fingerprint density at radius 3 is 2.58 bits per heavy atom. The zero-order valence-corrected chi connectivity index (χ0v) is 18.6. The summed E-state index contributed by atoms with van der Waals surface area (Å²) >= 11 is 2.13. The third-order valence-corrected chi connectivity index (χ3v) is 8.70. The van der Waals surface area contributed by atoms with Crippen LogP contribution in [0.2, 0.25) is 0 Å². The third kappa shape index (κ3) is 3.67. The number of rotatable bonds is 3. The summed E-state index contributed by atoms with van der Waals surface area (Å²) in [7, 11) is -0.538. The molecule has 1 saturated carbocycles. The van der Waals surface area contributed by atoms with Gasteiger partial charge in [0, 0.05) is 30.3 Å². The largest absolute Gasteiger partial charge is 0.335 e. The Morgan fingerprint density at radius 2 is 1.88 bits per heavy atom. The van der Waals surface area contributed by atoms with Crippen LogP contribution in [0.4, 0.5) is 0 Å². The van der Waals surface area contributed by atoms with E-state index in [9.17, 15) is 13.2 Å². The molecule has 1 heterocycles. The molecule has 0 N–H and O–H groups in total. The van der Waals surface area contributed by atoms with E-state index in [1.807, 2.05) is 4.90 Å². The summed E-state index contributed by atoms with van der Waals surface area (Å²) in [5.41, 5.74) is 0.507. The third-order valence-electron chi connectivity index (χ3n) is 5.95. The van der Waals surface area contributed by atoms with E-state index < -0.39 is 10.0 Å². The maximum Gasteiger partial charge on any atom is 0.255 e. The van der Waals surface area contributed by atoms with Crippen molar-refractivity contribution in [2.24, 2.45) is 11.8 Å². The summed E-state index contributed by atoms with van der Waals surface area (Å²) in [6.07, 6.45) is 5.71. The summed E-state index contributed by atoms with van der Waals surface area (Å²) in [5, 5.41) is 0. The second-order valence-corrected chi connectivity index (χ2v) is 11.0. The van der Waals surface area contributed by atoms with E-state index in [1.165, 1.54) is 37.7 Å². The van der Waals surface area contributed by atoms with Gasteiger partial charge in [0.15, 0.2) is 0 Å². The Morgan fingerprint density at radius 1 is 1.19 bits per heavy atom. The molecule has 26 heavy (non-hydrogen) atoms. The van der Waals surface area contributed by atoms with Gasteiger partial charge >= 0.3 is 0 Å². The van der Waals surface area contributed by atoms with Gasteiger partial charge in [0.05, 0.1) is 10.5 Å². The molecular formula is C19H27IN2O3S. The lowest BCUT2D eigenvalue weighted by atomic mass is 9.72. The van der Waals surface area contributed by atoms with Crippen LogP contribution in [0, 0.1) is 15.4 Å². The van der Waals surface area contributed by atoms with Gasteiger partial charge in [0.2, 0.25) is 10.0 Å². The van der Waals surface area contributed by atoms with Gasteiger partial charge in [-0.2, -0.15) is 0 Å². The van der Waals surface area contributed by atoms with Crippen molar-refractivity contribution < 1.29 is 13.2 Å². The van der Waals surface area contributed by atoms with Gasteiger partial charge in [-0.3, -0.25) is 4.79 Å². The maximum atomic E-state index is 13.3. The molecule has 5 nitrogen and oxygen atoms in total. The van der Waals surface area contributed by atoms with Crippen LogP contribution in [0.5, 0.6) is 0 Å². The first-order chi connectivity index (χ1) is 12.2. The number of piperidine rings is 1. The van der Waals surface area contributed by atoms with Crippen LogP contribution in [-0.2, 0) is 10.0 Å². The van der Waals surface area contributed by atoms with E-state index >= 15 is 0 Å². The number of nitrogens with zero attached hydrogens (tertiary/aromatic N) is 2. The van der Waals surface area contributed by atoms with Crippen LogP contribution >= 0.6 is 22.6 Å². The van der Waals surface area contributed by atoms with Crippen LogP contribution < -0.4 is 0 Å². The fraction of sp³-hybridized carbons (Fsp3) is 0.632. The lowest BCUT2D eigenvalue weighted by molar-refractivity contribution is 0.0216. The minimum atomic E-state index is -3.55. The van der Waals surface area contributed by atoms with Crippen molar-refractivity contribution in [1.82, 2.24) is 9.21 Å². The minimum Gasteiger partial charge on any atom is -0.335 e. The molecule has 7 heteroatoms. The van der Waals surface area contributed by atoms with Crippen LogP contribution in [-0.4, -0.2) is 50.2 Å². The van der Waals surface area contributed by atoms with Gasteiger partial charge in [0.1, 0.15) is 0 Å².